The van der Waals surface area contributed by atoms with E-state index in [0.717, 1.165) is 30.3 Å². The van der Waals surface area contributed by atoms with E-state index in [1.165, 1.54) is 10.9 Å². The van der Waals surface area contributed by atoms with Crippen LogP contribution in [0.1, 0.15) is 25.7 Å². The van der Waals surface area contributed by atoms with Crippen LogP contribution in [0, 0.1) is 0 Å². The number of rotatable bonds is 6. The van der Waals surface area contributed by atoms with Gasteiger partial charge < -0.3 is 9.67 Å². The highest BCUT2D eigenvalue weighted by molar-refractivity contribution is 9.10. The molecule has 0 saturated carbocycles. The average Bonchev–Trinajstić information content (AvgIpc) is 2.70. The van der Waals surface area contributed by atoms with Gasteiger partial charge in [0, 0.05) is 34.5 Å². The lowest BCUT2D eigenvalue weighted by atomic mass is 10.2. The molecule has 1 aromatic carbocycles. The minimum absolute atomic E-state index is 0.277. The lowest BCUT2D eigenvalue weighted by Crippen LogP contribution is -1.98. The van der Waals surface area contributed by atoms with Gasteiger partial charge in [0.15, 0.2) is 0 Å². The molecule has 0 atom stereocenters. The van der Waals surface area contributed by atoms with Gasteiger partial charge >= 0.3 is 5.97 Å². The molecular formula is C14H16BrNO2. The summed E-state index contributed by atoms with van der Waals surface area (Å²) in [5, 5.41) is 9.79. The largest absolute Gasteiger partial charge is 0.481 e. The van der Waals surface area contributed by atoms with Gasteiger partial charge in [-0.3, -0.25) is 4.79 Å². The van der Waals surface area contributed by atoms with Crippen LogP contribution in [0.5, 0.6) is 0 Å². The Morgan fingerprint density at radius 1 is 1.22 bits per heavy atom. The molecule has 2 rings (SSSR count). The third kappa shape index (κ3) is 3.35. The lowest BCUT2D eigenvalue weighted by Gasteiger charge is -2.05. The minimum atomic E-state index is -0.703. The highest BCUT2D eigenvalue weighted by Crippen LogP contribution is 2.21. The number of aliphatic carboxylic acids is 1. The molecule has 1 N–H and O–H groups in total. The Bertz CT molecular complexity index is 548. The summed E-state index contributed by atoms with van der Waals surface area (Å²) < 4.78 is 3.32. The molecular weight excluding hydrogens is 294 g/mol. The zero-order chi connectivity index (χ0) is 13.0. The van der Waals surface area contributed by atoms with Crippen molar-refractivity contribution in [1.82, 2.24) is 4.57 Å². The van der Waals surface area contributed by atoms with Crippen molar-refractivity contribution >= 4 is 32.8 Å². The maximum absolute atomic E-state index is 10.4. The van der Waals surface area contributed by atoms with Crippen LogP contribution in [-0.4, -0.2) is 15.6 Å². The first kappa shape index (κ1) is 13.1. The van der Waals surface area contributed by atoms with Crippen LogP contribution in [-0.2, 0) is 11.3 Å². The van der Waals surface area contributed by atoms with Gasteiger partial charge in [-0.15, -0.1) is 0 Å². The Balaban J connectivity index is 1.90. The highest BCUT2D eigenvalue weighted by Gasteiger charge is 2.02. The molecule has 0 aliphatic carbocycles. The van der Waals surface area contributed by atoms with Gasteiger partial charge in [0.1, 0.15) is 0 Å². The van der Waals surface area contributed by atoms with Crippen molar-refractivity contribution in [2.45, 2.75) is 32.2 Å². The van der Waals surface area contributed by atoms with E-state index in [1.54, 1.807) is 0 Å². The number of carboxylic acids is 1. The number of unbranched alkanes of at least 4 members (excludes halogenated alkanes) is 2. The van der Waals surface area contributed by atoms with Crippen molar-refractivity contribution in [1.29, 1.82) is 0 Å². The molecule has 18 heavy (non-hydrogen) atoms. The van der Waals surface area contributed by atoms with Crippen molar-refractivity contribution in [3.05, 3.63) is 34.9 Å². The number of hydrogen-bond acceptors (Lipinski definition) is 1. The normalized spacial score (nSPS) is 10.9. The lowest BCUT2D eigenvalue weighted by molar-refractivity contribution is -0.137. The van der Waals surface area contributed by atoms with Crippen molar-refractivity contribution in [2.24, 2.45) is 0 Å². The number of benzene rings is 1. The van der Waals surface area contributed by atoms with Gasteiger partial charge in [-0.2, -0.15) is 0 Å². The fourth-order valence-electron chi connectivity index (χ4n) is 2.10. The van der Waals surface area contributed by atoms with E-state index in [9.17, 15) is 4.79 Å². The zero-order valence-corrected chi connectivity index (χ0v) is 11.7. The summed E-state index contributed by atoms with van der Waals surface area (Å²) in [4.78, 5) is 10.4. The van der Waals surface area contributed by atoms with E-state index in [1.807, 2.05) is 6.07 Å². The molecule has 4 heteroatoms. The third-order valence-corrected chi connectivity index (χ3v) is 3.52. The monoisotopic (exact) mass is 309 g/mol. The molecule has 3 nitrogen and oxygen atoms in total. The summed E-state index contributed by atoms with van der Waals surface area (Å²) in [6, 6.07) is 8.37. The molecule has 0 spiro atoms. The summed E-state index contributed by atoms with van der Waals surface area (Å²) in [7, 11) is 0. The third-order valence-electron chi connectivity index (χ3n) is 3.02. The molecule has 0 saturated heterocycles. The molecule has 0 bridgehead atoms. The Kier molecular flexibility index (Phi) is 4.42. The summed E-state index contributed by atoms with van der Waals surface area (Å²) in [5.74, 6) is -0.703. The number of carboxylic acid groups (broad SMARTS) is 1. The van der Waals surface area contributed by atoms with E-state index in [2.05, 4.69) is 44.9 Å². The molecule has 1 aromatic heterocycles. The van der Waals surface area contributed by atoms with Crippen molar-refractivity contribution in [3.8, 4) is 0 Å². The summed E-state index contributed by atoms with van der Waals surface area (Å²) >= 11 is 3.46. The van der Waals surface area contributed by atoms with Gasteiger partial charge in [-0.25, -0.2) is 0 Å². The van der Waals surface area contributed by atoms with E-state index in [4.69, 9.17) is 5.11 Å². The van der Waals surface area contributed by atoms with Crippen LogP contribution in [0.4, 0.5) is 0 Å². The standard InChI is InChI=1S/C14H16BrNO2/c15-12-5-6-13-11(10-12)7-9-16(13)8-3-1-2-4-14(17)18/h5-7,9-10H,1-4,8H2,(H,17,18). The Labute approximate surface area is 115 Å². The molecule has 96 valence electrons. The van der Waals surface area contributed by atoms with Crippen LogP contribution in [0.15, 0.2) is 34.9 Å². The summed E-state index contributed by atoms with van der Waals surface area (Å²) in [6.07, 6.45) is 5.11. The molecule has 0 radical (unpaired) electrons. The van der Waals surface area contributed by atoms with Crippen molar-refractivity contribution < 1.29 is 9.90 Å². The SMILES string of the molecule is O=C(O)CCCCCn1ccc2cc(Br)ccc21. The number of fused-ring (bicyclic) bond motifs is 1. The summed E-state index contributed by atoms with van der Waals surface area (Å²) in [5.41, 5.74) is 1.23. The second kappa shape index (κ2) is 6.05. The number of carbonyl (C=O) groups is 1. The highest BCUT2D eigenvalue weighted by atomic mass is 79.9. The van der Waals surface area contributed by atoms with Crippen LogP contribution in [0.25, 0.3) is 10.9 Å². The van der Waals surface area contributed by atoms with Crippen LogP contribution in [0.3, 0.4) is 0 Å². The molecule has 0 aliphatic heterocycles. The fraction of sp³-hybridized carbons (Fsp3) is 0.357. The predicted molar refractivity (Wildman–Crippen MR) is 75.7 cm³/mol. The van der Waals surface area contributed by atoms with Gasteiger partial charge in [0.25, 0.3) is 0 Å². The molecule has 2 aromatic rings. The number of hydrogen-bond donors (Lipinski definition) is 1. The second-order valence-electron chi connectivity index (χ2n) is 4.42. The minimum Gasteiger partial charge on any atom is -0.481 e. The maximum Gasteiger partial charge on any atom is 0.303 e. The molecule has 0 aliphatic rings. The van der Waals surface area contributed by atoms with Gasteiger partial charge in [-0.1, -0.05) is 22.4 Å². The van der Waals surface area contributed by atoms with E-state index < -0.39 is 5.97 Å². The first-order chi connectivity index (χ1) is 8.66. The van der Waals surface area contributed by atoms with Crippen molar-refractivity contribution in [2.75, 3.05) is 0 Å². The molecule has 0 fully saturated rings. The fourth-order valence-corrected chi connectivity index (χ4v) is 2.48. The Morgan fingerprint density at radius 2 is 2.06 bits per heavy atom. The molecule has 0 unspecified atom stereocenters. The number of halogens is 1. The van der Waals surface area contributed by atoms with E-state index in [-0.39, 0.29) is 6.42 Å². The first-order valence-corrected chi connectivity index (χ1v) is 6.92. The number of aromatic nitrogens is 1. The van der Waals surface area contributed by atoms with Crippen LogP contribution < -0.4 is 0 Å². The first-order valence-electron chi connectivity index (χ1n) is 6.13. The maximum atomic E-state index is 10.4. The van der Waals surface area contributed by atoms with Gasteiger partial charge in [0.05, 0.1) is 0 Å². The smallest absolute Gasteiger partial charge is 0.303 e. The topological polar surface area (TPSA) is 42.2 Å². The predicted octanol–water partition coefficient (Wildman–Crippen LogP) is 4.05. The second-order valence-corrected chi connectivity index (χ2v) is 5.33. The quantitative estimate of drug-likeness (QED) is 0.818. The van der Waals surface area contributed by atoms with Gasteiger partial charge in [0.2, 0.25) is 0 Å². The molecule has 1 heterocycles. The van der Waals surface area contributed by atoms with E-state index >= 15 is 0 Å². The van der Waals surface area contributed by atoms with Crippen molar-refractivity contribution in [3.63, 3.8) is 0 Å². The number of nitrogens with zero attached hydrogens (tertiary/aromatic N) is 1. The average molecular weight is 310 g/mol. The van der Waals surface area contributed by atoms with Crippen LogP contribution >= 0.6 is 15.9 Å². The van der Waals surface area contributed by atoms with E-state index in [0.29, 0.717) is 0 Å². The Morgan fingerprint density at radius 3 is 2.83 bits per heavy atom. The molecule has 0 amide bonds. The van der Waals surface area contributed by atoms with Crippen LogP contribution in [0.2, 0.25) is 0 Å². The Hall–Kier alpha value is -1.29. The number of aryl methyl sites for hydroxylation is 1. The zero-order valence-electron chi connectivity index (χ0n) is 10.1. The summed E-state index contributed by atoms with van der Waals surface area (Å²) in [6.45, 7) is 0.949. The van der Waals surface area contributed by atoms with Gasteiger partial charge in [-0.05, 0) is 37.1 Å².